The fraction of sp³-hybridized carbons (Fsp3) is 0.207. The van der Waals surface area contributed by atoms with Crippen LogP contribution in [0.1, 0.15) is 10.4 Å². The normalized spacial score (nSPS) is 13.2. The number of carbonyl (C=O) groups is 3. The van der Waals surface area contributed by atoms with E-state index in [1.165, 1.54) is 35.1 Å². The standard InChI is InChI=1S/C29H26F2N10O4/c1-38-28(40-12-10-39(11-13-40)24(42)15-33-29(44)45)25(26(37-38)17-2-4-19(30)5-3-17)20-6-7-23-34-22(16-41(23)36-20)35-27(43)18-8-9-32-21(31)14-18/h2-9,14,16,33H,10-13,15H2,1H3,(H,35,43)(H,44,45). The van der Waals surface area contributed by atoms with Crippen LogP contribution in [0.2, 0.25) is 0 Å². The van der Waals surface area contributed by atoms with Crippen LogP contribution in [-0.4, -0.2) is 90.0 Å². The number of nitrogens with zero attached hydrogens (tertiary/aromatic N) is 8. The summed E-state index contributed by atoms with van der Waals surface area (Å²) in [6, 6.07) is 11.8. The molecule has 1 aromatic carbocycles. The molecule has 1 aliphatic rings. The third kappa shape index (κ3) is 6.11. The molecule has 0 saturated carbocycles. The van der Waals surface area contributed by atoms with Gasteiger partial charge >= 0.3 is 6.09 Å². The van der Waals surface area contributed by atoms with Crippen molar-refractivity contribution in [3.8, 4) is 22.5 Å². The minimum Gasteiger partial charge on any atom is -0.465 e. The molecule has 5 aromatic rings. The SMILES string of the molecule is Cn1nc(-c2ccc(F)cc2)c(-c2ccc3nc(NC(=O)c4ccnc(F)c4)cn3n2)c1N1CCN(C(=O)CNC(=O)O)CC1. The number of hydrogen-bond donors (Lipinski definition) is 3. The first-order valence-corrected chi connectivity index (χ1v) is 13.8. The highest BCUT2D eigenvalue weighted by atomic mass is 19.1. The van der Waals surface area contributed by atoms with Gasteiger partial charge in [-0.05, 0) is 42.5 Å². The number of rotatable bonds is 7. The van der Waals surface area contributed by atoms with Gasteiger partial charge in [0, 0.05) is 56.6 Å². The highest BCUT2D eigenvalue weighted by molar-refractivity contribution is 6.03. The molecule has 3 amide bonds. The van der Waals surface area contributed by atoms with Crippen molar-refractivity contribution in [3.05, 3.63) is 78.3 Å². The summed E-state index contributed by atoms with van der Waals surface area (Å²) in [5, 5.41) is 23.1. The van der Waals surface area contributed by atoms with E-state index in [0.29, 0.717) is 60.2 Å². The Kier molecular flexibility index (Phi) is 7.76. The summed E-state index contributed by atoms with van der Waals surface area (Å²) in [4.78, 5) is 47.4. The molecule has 0 bridgehead atoms. The van der Waals surface area contributed by atoms with Crippen molar-refractivity contribution in [2.24, 2.45) is 7.05 Å². The van der Waals surface area contributed by atoms with E-state index >= 15 is 0 Å². The molecule has 5 heterocycles. The predicted octanol–water partition coefficient (Wildman–Crippen LogP) is 2.64. The van der Waals surface area contributed by atoms with Gasteiger partial charge in [0.25, 0.3) is 5.91 Å². The van der Waals surface area contributed by atoms with Crippen molar-refractivity contribution in [2.45, 2.75) is 0 Å². The van der Waals surface area contributed by atoms with Gasteiger partial charge in [0.05, 0.1) is 17.5 Å². The molecule has 1 aliphatic heterocycles. The summed E-state index contributed by atoms with van der Waals surface area (Å²) >= 11 is 0. The van der Waals surface area contributed by atoms with Gasteiger partial charge in [-0.1, -0.05) is 0 Å². The fourth-order valence-corrected chi connectivity index (χ4v) is 5.16. The molecule has 0 aliphatic carbocycles. The zero-order chi connectivity index (χ0) is 31.7. The van der Waals surface area contributed by atoms with E-state index < -0.39 is 23.8 Å². The smallest absolute Gasteiger partial charge is 0.405 e. The molecule has 0 unspecified atom stereocenters. The van der Waals surface area contributed by atoms with Crippen molar-refractivity contribution in [3.63, 3.8) is 0 Å². The van der Waals surface area contributed by atoms with Gasteiger partial charge in [-0.2, -0.15) is 14.6 Å². The average molecular weight is 617 g/mol. The Hall–Kier alpha value is -5.93. The molecule has 0 atom stereocenters. The van der Waals surface area contributed by atoms with Gasteiger partial charge < -0.3 is 25.5 Å². The number of carbonyl (C=O) groups excluding carboxylic acids is 2. The Balaban J connectivity index is 1.33. The molecular formula is C29H26F2N10O4. The second-order valence-electron chi connectivity index (χ2n) is 10.2. The molecule has 16 heteroatoms. The van der Waals surface area contributed by atoms with Crippen LogP contribution in [0, 0.1) is 11.8 Å². The topological polar surface area (TPSA) is 163 Å². The van der Waals surface area contributed by atoms with Crippen molar-refractivity contribution < 1.29 is 28.3 Å². The van der Waals surface area contributed by atoms with E-state index in [1.807, 2.05) is 0 Å². The van der Waals surface area contributed by atoms with Crippen molar-refractivity contribution >= 4 is 35.2 Å². The van der Waals surface area contributed by atoms with E-state index in [9.17, 15) is 23.2 Å². The maximum Gasteiger partial charge on any atom is 0.405 e. The maximum absolute atomic E-state index is 13.8. The van der Waals surface area contributed by atoms with E-state index in [1.54, 1.807) is 40.9 Å². The molecular weight excluding hydrogens is 590 g/mol. The number of hydrogen-bond acceptors (Lipinski definition) is 8. The third-order valence-corrected chi connectivity index (χ3v) is 7.26. The Bertz CT molecular complexity index is 1920. The predicted molar refractivity (Wildman–Crippen MR) is 158 cm³/mol. The number of anilines is 2. The number of amides is 3. The Labute approximate surface area is 253 Å². The molecule has 6 rings (SSSR count). The lowest BCUT2D eigenvalue weighted by Gasteiger charge is -2.36. The number of pyridine rings is 1. The van der Waals surface area contributed by atoms with Crippen LogP contribution in [-0.2, 0) is 11.8 Å². The van der Waals surface area contributed by atoms with E-state index in [0.717, 1.165) is 6.07 Å². The summed E-state index contributed by atoms with van der Waals surface area (Å²) in [6.45, 7) is 1.28. The van der Waals surface area contributed by atoms with E-state index in [4.69, 9.17) is 15.3 Å². The lowest BCUT2D eigenvalue weighted by Crippen LogP contribution is -2.51. The van der Waals surface area contributed by atoms with Crippen molar-refractivity contribution in [2.75, 3.05) is 42.9 Å². The fourth-order valence-electron chi connectivity index (χ4n) is 5.16. The molecule has 1 fully saturated rings. The number of piperazine rings is 1. The third-order valence-electron chi connectivity index (χ3n) is 7.26. The number of carboxylic acid groups (broad SMARTS) is 1. The summed E-state index contributed by atoms with van der Waals surface area (Å²) < 4.78 is 30.5. The average Bonchev–Trinajstić information content (AvgIpc) is 3.59. The Morgan fingerprint density at radius 1 is 0.978 bits per heavy atom. The molecule has 1 saturated heterocycles. The van der Waals surface area contributed by atoms with Crippen LogP contribution in [0.15, 0.2) is 60.9 Å². The minimum atomic E-state index is -1.27. The monoisotopic (exact) mass is 616 g/mol. The summed E-state index contributed by atoms with van der Waals surface area (Å²) in [6.07, 6.45) is 1.45. The quantitative estimate of drug-likeness (QED) is 0.233. The van der Waals surface area contributed by atoms with Crippen molar-refractivity contribution in [1.29, 1.82) is 0 Å². The molecule has 0 spiro atoms. The largest absolute Gasteiger partial charge is 0.465 e. The Morgan fingerprint density at radius 3 is 2.44 bits per heavy atom. The molecule has 14 nitrogen and oxygen atoms in total. The molecule has 45 heavy (non-hydrogen) atoms. The second-order valence-corrected chi connectivity index (χ2v) is 10.2. The lowest BCUT2D eigenvalue weighted by atomic mass is 10.0. The highest BCUT2D eigenvalue weighted by Gasteiger charge is 2.29. The van der Waals surface area contributed by atoms with Gasteiger partial charge in [0.2, 0.25) is 11.9 Å². The van der Waals surface area contributed by atoms with Crippen molar-refractivity contribution in [1.82, 2.24) is 39.6 Å². The van der Waals surface area contributed by atoms with E-state index in [2.05, 4.69) is 25.5 Å². The summed E-state index contributed by atoms with van der Waals surface area (Å²) in [7, 11) is 1.78. The molecule has 4 aromatic heterocycles. The van der Waals surface area contributed by atoms with Crippen LogP contribution >= 0.6 is 0 Å². The number of fused-ring (bicyclic) bond motifs is 1. The number of nitrogens with one attached hydrogen (secondary N) is 2. The molecule has 3 N–H and O–H groups in total. The van der Waals surface area contributed by atoms with E-state index in [-0.39, 0.29) is 23.8 Å². The van der Waals surface area contributed by atoms with Gasteiger partial charge in [-0.15, -0.1) is 0 Å². The van der Waals surface area contributed by atoms with Gasteiger partial charge in [0.1, 0.15) is 23.9 Å². The minimum absolute atomic E-state index is 0.0806. The Morgan fingerprint density at radius 2 is 1.73 bits per heavy atom. The number of benzene rings is 1. The lowest BCUT2D eigenvalue weighted by molar-refractivity contribution is -0.130. The first kappa shape index (κ1) is 29.2. The number of aryl methyl sites for hydroxylation is 1. The number of imidazole rings is 1. The first-order valence-electron chi connectivity index (χ1n) is 13.8. The van der Waals surface area contributed by atoms with Crippen LogP contribution in [0.3, 0.4) is 0 Å². The van der Waals surface area contributed by atoms with Crippen LogP contribution < -0.4 is 15.5 Å². The molecule has 0 radical (unpaired) electrons. The number of halogens is 2. The van der Waals surface area contributed by atoms with Gasteiger partial charge in [0.15, 0.2) is 11.5 Å². The van der Waals surface area contributed by atoms with Crippen LogP contribution in [0.4, 0.5) is 25.2 Å². The zero-order valence-corrected chi connectivity index (χ0v) is 23.8. The zero-order valence-electron chi connectivity index (χ0n) is 23.8. The first-order chi connectivity index (χ1) is 21.7. The van der Waals surface area contributed by atoms with Gasteiger partial charge in [-0.25, -0.2) is 23.7 Å². The van der Waals surface area contributed by atoms with Crippen LogP contribution in [0.25, 0.3) is 28.2 Å². The maximum atomic E-state index is 13.8. The van der Waals surface area contributed by atoms with Crippen LogP contribution in [0.5, 0.6) is 0 Å². The second kappa shape index (κ2) is 12.0. The highest BCUT2D eigenvalue weighted by Crippen LogP contribution is 2.39. The molecule has 230 valence electrons. The summed E-state index contributed by atoms with van der Waals surface area (Å²) in [5.41, 5.74) is 2.90. The number of aromatic nitrogens is 6. The summed E-state index contributed by atoms with van der Waals surface area (Å²) in [5.74, 6) is -1.15. The van der Waals surface area contributed by atoms with Gasteiger partial charge in [-0.3, -0.25) is 14.3 Å².